The van der Waals surface area contributed by atoms with Crippen molar-refractivity contribution in [2.45, 2.75) is 6.54 Å². The fourth-order valence-corrected chi connectivity index (χ4v) is 2.13. The van der Waals surface area contributed by atoms with Crippen LogP contribution >= 0.6 is 24.0 Å². The first-order chi connectivity index (χ1) is 11.6. The van der Waals surface area contributed by atoms with Crippen LogP contribution in [0.3, 0.4) is 0 Å². The summed E-state index contributed by atoms with van der Waals surface area (Å²) < 4.78 is 1.79. The number of anilines is 1. The first kappa shape index (κ1) is 20.7. The number of nitrogens with one attached hydrogen (secondary N) is 3. The summed E-state index contributed by atoms with van der Waals surface area (Å²) in [6.07, 6.45) is 1.74. The minimum absolute atomic E-state index is 0. The van der Waals surface area contributed by atoms with Gasteiger partial charge in [-0.25, -0.2) is 0 Å². The largest absolute Gasteiger partial charge is 0.378 e. The summed E-state index contributed by atoms with van der Waals surface area (Å²) in [4.78, 5) is 14.7. The van der Waals surface area contributed by atoms with Gasteiger partial charge in [-0.2, -0.15) is 5.10 Å². The van der Waals surface area contributed by atoms with E-state index in [9.17, 15) is 10.1 Å². The van der Waals surface area contributed by atoms with E-state index in [1.165, 1.54) is 6.07 Å². The molecule has 3 N–H and O–H groups in total. The number of hydrogen-bond donors (Lipinski definition) is 3. The number of benzene rings is 1. The van der Waals surface area contributed by atoms with Gasteiger partial charge in [0.05, 0.1) is 17.2 Å². The Hall–Kier alpha value is -2.37. The second kappa shape index (κ2) is 10.5. The van der Waals surface area contributed by atoms with Crippen LogP contribution in [0.1, 0.15) is 5.69 Å². The van der Waals surface area contributed by atoms with Gasteiger partial charge in [-0.05, 0) is 12.1 Å². The number of nitrogens with zero attached hydrogens (tertiary/aromatic N) is 4. The maximum Gasteiger partial charge on any atom is 0.292 e. The average molecular weight is 459 g/mol. The van der Waals surface area contributed by atoms with E-state index in [0.29, 0.717) is 31.3 Å². The smallest absolute Gasteiger partial charge is 0.292 e. The monoisotopic (exact) mass is 459 g/mol. The maximum atomic E-state index is 10.9. The molecule has 0 aliphatic heterocycles. The van der Waals surface area contributed by atoms with Crippen LogP contribution in [0.2, 0.25) is 0 Å². The average Bonchev–Trinajstić information content (AvgIpc) is 2.99. The third-order valence-corrected chi connectivity index (χ3v) is 3.42. The molecular formula is C15H22IN7O2. The summed E-state index contributed by atoms with van der Waals surface area (Å²) in [5.41, 5.74) is 1.61. The molecule has 0 unspecified atom stereocenters. The van der Waals surface area contributed by atoms with Crippen molar-refractivity contribution in [2.24, 2.45) is 12.0 Å². The molecule has 1 aromatic heterocycles. The lowest BCUT2D eigenvalue weighted by molar-refractivity contribution is -0.384. The van der Waals surface area contributed by atoms with Crippen molar-refractivity contribution >= 4 is 41.3 Å². The van der Waals surface area contributed by atoms with Crippen LogP contribution in [0.15, 0.2) is 41.5 Å². The van der Waals surface area contributed by atoms with Gasteiger partial charge in [-0.3, -0.25) is 19.8 Å². The predicted molar refractivity (Wildman–Crippen MR) is 108 cm³/mol. The highest BCUT2D eigenvalue weighted by molar-refractivity contribution is 14.0. The van der Waals surface area contributed by atoms with Crippen LogP contribution in [0.25, 0.3) is 0 Å². The molecule has 0 aliphatic carbocycles. The fraction of sp³-hybridized carbons (Fsp3) is 0.333. The molecular weight excluding hydrogens is 437 g/mol. The summed E-state index contributed by atoms with van der Waals surface area (Å²) in [5.74, 6) is 0.653. The van der Waals surface area contributed by atoms with Gasteiger partial charge in [0.2, 0.25) is 0 Å². The minimum Gasteiger partial charge on any atom is -0.378 e. The van der Waals surface area contributed by atoms with Crippen molar-refractivity contribution in [3.05, 3.63) is 52.3 Å². The zero-order valence-corrected chi connectivity index (χ0v) is 16.4. The molecule has 0 fully saturated rings. The van der Waals surface area contributed by atoms with E-state index >= 15 is 0 Å². The lowest BCUT2D eigenvalue weighted by Crippen LogP contribution is -2.39. The molecule has 0 bridgehead atoms. The zero-order valence-electron chi connectivity index (χ0n) is 14.1. The molecule has 0 amide bonds. The Morgan fingerprint density at radius 3 is 2.68 bits per heavy atom. The lowest BCUT2D eigenvalue weighted by Gasteiger charge is -2.13. The van der Waals surface area contributed by atoms with Crippen molar-refractivity contribution in [3.8, 4) is 0 Å². The molecule has 10 heteroatoms. The van der Waals surface area contributed by atoms with Gasteiger partial charge < -0.3 is 16.0 Å². The molecule has 0 saturated carbocycles. The van der Waals surface area contributed by atoms with Gasteiger partial charge in [-0.1, -0.05) is 12.1 Å². The molecule has 2 aromatic rings. The summed E-state index contributed by atoms with van der Waals surface area (Å²) in [5, 5.41) is 24.4. The lowest BCUT2D eigenvalue weighted by atomic mass is 10.2. The molecule has 0 radical (unpaired) electrons. The van der Waals surface area contributed by atoms with Crippen molar-refractivity contribution in [1.29, 1.82) is 0 Å². The normalized spacial score (nSPS) is 10.7. The highest BCUT2D eigenvalue weighted by Crippen LogP contribution is 2.22. The number of nitro groups is 1. The molecule has 1 aromatic carbocycles. The number of guanidine groups is 1. The molecule has 2 rings (SSSR count). The summed E-state index contributed by atoms with van der Waals surface area (Å²) in [7, 11) is 3.57. The van der Waals surface area contributed by atoms with E-state index < -0.39 is 4.92 Å². The van der Waals surface area contributed by atoms with Gasteiger partial charge >= 0.3 is 0 Å². The zero-order chi connectivity index (χ0) is 17.4. The number of aryl methyl sites for hydroxylation is 1. The number of halogens is 1. The topological polar surface area (TPSA) is 109 Å². The van der Waals surface area contributed by atoms with Crippen LogP contribution in [0.4, 0.5) is 11.4 Å². The van der Waals surface area contributed by atoms with Crippen molar-refractivity contribution in [2.75, 3.05) is 25.5 Å². The van der Waals surface area contributed by atoms with Gasteiger partial charge in [0.1, 0.15) is 5.69 Å². The predicted octanol–water partition coefficient (Wildman–Crippen LogP) is 1.72. The summed E-state index contributed by atoms with van der Waals surface area (Å²) in [6.45, 7) is 1.70. The Bertz CT molecular complexity index is 717. The van der Waals surface area contributed by atoms with Crippen LogP contribution in [0.5, 0.6) is 0 Å². The first-order valence-electron chi connectivity index (χ1n) is 7.50. The SMILES string of the molecule is CN=C(NCCNc1ccccc1[N+](=O)[O-])NCc1ccnn1C.I. The van der Waals surface area contributed by atoms with Crippen molar-refractivity contribution < 1.29 is 4.92 Å². The van der Waals surface area contributed by atoms with Crippen LogP contribution in [-0.2, 0) is 13.6 Å². The van der Waals surface area contributed by atoms with Crippen LogP contribution < -0.4 is 16.0 Å². The van der Waals surface area contributed by atoms with Gasteiger partial charge in [0, 0.05) is 39.4 Å². The minimum atomic E-state index is -0.399. The Kier molecular flexibility index (Phi) is 8.67. The third-order valence-electron chi connectivity index (χ3n) is 3.42. The van der Waals surface area contributed by atoms with Gasteiger partial charge in [0.25, 0.3) is 5.69 Å². The quantitative estimate of drug-likeness (QED) is 0.145. The standard InChI is InChI=1S/C15H21N7O2.HI/c1-16-15(19-11-12-7-8-20-21(12)2)18-10-9-17-13-5-3-4-6-14(13)22(23)24;/h3-8,17H,9-11H2,1-2H3,(H2,16,18,19);1H. The van der Waals surface area contributed by atoms with E-state index in [2.05, 4.69) is 26.0 Å². The fourth-order valence-electron chi connectivity index (χ4n) is 2.13. The molecule has 25 heavy (non-hydrogen) atoms. The molecule has 9 nitrogen and oxygen atoms in total. The first-order valence-corrected chi connectivity index (χ1v) is 7.50. The molecule has 136 valence electrons. The van der Waals surface area contributed by atoms with Crippen molar-refractivity contribution in [1.82, 2.24) is 20.4 Å². The van der Waals surface area contributed by atoms with Gasteiger partial charge in [0.15, 0.2) is 5.96 Å². The third kappa shape index (κ3) is 6.21. The summed E-state index contributed by atoms with van der Waals surface area (Å²) in [6, 6.07) is 8.50. The van der Waals surface area contributed by atoms with Crippen LogP contribution in [-0.4, -0.2) is 40.8 Å². The molecule has 0 atom stereocenters. The van der Waals surface area contributed by atoms with Crippen molar-refractivity contribution in [3.63, 3.8) is 0 Å². The van der Waals surface area contributed by atoms with E-state index in [-0.39, 0.29) is 29.7 Å². The van der Waals surface area contributed by atoms with E-state index in [1.54, 1.807) is 36.1 Å². The molecule has 1 heterocycles. The second-order valence-corrected chi connectivity index (χ2v) is 5.00. The summed E-state index contributed by atoms with van der Waals surface area (Å²) >= 11 is 0. The van der Waals surface area contributed by atoms with E-state index in [0.717, 1.165) is 5.69 Å². The Morgan fingerprint density at radius 1 is 1.28 bits per heavy atom. The molecule has 0 spiro atoms. The Balaban J connectivity index is 0.00000312. The Labute approximate surface area is 163 Å². The number of para-hydroxylation sites is 2. The van der Waals surface area contributed by atoms with Gasteiger partial charge in [-0.15, -0.1) is 24.0 Å². The molecule has 0 saturated heterocycles. The highest BCUT2D eigenvalue weighted by atomic mass is 127. The van der Waals surface area contributed by atoms with E-state index in [1.807, 2.05) is 13.1 Å². The highest BCUT2D eigenvalue weighted by Gasteiger charge is 2.11. The number of nitro benzene ring substituents is 1. The second-order valence-electron chi connectivity index (χ2n) is 5.00. The number of aliphatic imine (C=N–C) groups is 1. The van der Waals surface area contributed by atoms with E-state index in [4.69, 9.17) is 0 Å². The number of aromatic nitrogens is 2. The van der Waals surface area contributed by atoms with Crippen LogP contribution in [0, 0.1) is 10.1 Å². The number of rotatable bonds is 7. The maximum absolute atomic E-state index is 10.9. The molecule has 0 aliphatic rings. The number of hydrogen-bond acceptors (Lipinski definition) is 5. The Morgan fingerprint density at radius 2 is 2.04 bits per heavy atom.